The number of hydrogen-bond donors (Lipinski definition) is 3. The summed E-state index contributed by atoms with van der Waals surface area (Å²) < 4.78 is 12.2. The zero-order valence-electron chi connectivity index (χ0n) is 14.0. The van der Waals surface area contributed by atoms with Crippen LogP contribution < -0.4 is 26.3 Å². The molecule has 0 aromatic heterocycles. The minimum absolute atomic E-state index is 0.133. The van der Waals surface area contributed by atoms with Crippen LogP contribution in [0.25, 0.3) is 0 Å². The lowest BCUT2D eigenvalue weighted by molar-refractivity contribution is 0.153. The minimum Gasteiger partial charge on any atom is -0.485 e. The van der Waals surface area contributed by atoms with Crippen molar-refractivity contribution in [3.8, 4) is 17.2 Å². The average molecular weight is 327 g/mol. The number of nitrogens with two attached hydrogens (primary N) is 2. The normalized spacial score (nSPS) is 18.3. The molecule has 2 aromatic rings. The van der Waals surface area contributed by atoms with Crippen molar-refractivity contribution in [1.82, 2.24) is 5.32 Å². The van der Waals surface area contributed by atoms with Crippen molar-refractivity contribution in [1.29, 1.82) is 0 Å². The van der Waals surface area contributed by atoms with Crippen molar-refractivity contribution >= 4 is 11.4 Å². The number of nitrogens with one attached hydrogen (secondary N) is 1. The Labute approximate surface area is 142 Å². The second kappa shape index (κ2) is 7.45. The minimum atomic E-state index is 0.133. The Morgan fingerprint density at radius 2 is 1.92 bits per heavy atom. The summed E-state index contributed by atoms with van der Waals surface area (Å²) in [4.78, 5) is 0. The summed E-state index contributed by atoms with van der Waals surface area (Å²) in [7, 11) is 0. The number of hydrogen-bond acceptors (Lipinski definition) is 5. The fraction of sp³-hybridized carbons (Fsp3) is 0.368. The van der Waals surface area contributed by atoms with Crippen LogP contribution in [0.2, 0.25) is 0 Å². The molecule has 0 bridgehead atoms. The van der Waals surface area contributed by atoms with Crippen molar-refractivity contribution in [3.63, 3.8) is 0 Å². The molecule has 2 unspecified atom stereocenters. The third-order valence-electron chi connectivity index (χ3n) is 4.36. The van der Waals surface area contributed by atoms with Gasteiger partial charge in [0.2, 0.25) is 0 Å². The first-order valence-corrected chi connectivity index (χ1v) is 8.49. The maximum Gasteiger partial charge on any atom is 0.169 e. The van der Waals surface area contributed by atoms with Gasteiger partial charge in [-0.05, 0) is 50.1 Å². The molecule has 5 nitrogen and oxygen atoms in total. The molecule has 3 rings (SSSR count). The highest BCUT2D eigenvalue weighted by molar-refractivity contribution is 5.65. The molecule has 5 heteroatoms. The van der Waals surface area contributed by atoms with Gasteiger partial charge in [0.05, 0.1) is 11.4 Å². The molecule has 128 valence electrons. The van der Waals surface area contributed by atoms with Gasteiger partial charge in [0.25, 0.3) is 0 Å². The van der Waals surface area contributed by atoms with E-state index in [-0.39, 0.29) is 6.10 Å². The second-order valence-electron chi connectivity index (χ2n) is 6.11. The van der Waals surface area contributed by atoms with E-state index in [1.54, 1.807) is 18.2 Å². The monoisotopic (exact) mass is 327 g/mol. The fourth-order valence-corrected chi connectivity index (χ4v) is 3.02. The van der Waals surface area contributed by atoms with Crippen molar-refractivity contribution < 1.29 is 9.47 Å². The molecule has 2 atom stereocenters. The van der Waals surface area contributed by atoms with Crippen LogP contribution in [0.4, 0.5) is 11.4 Å². The highest BCUT2D eigenvalue weighted by Crippen LogP contribution is 2.34. The fourth-order valence-electron chi connectivity index (χ4n) is 3.02. The molecular formula is C19H25N3O2. The summed E-state index contributed by atoms with van der Waals surface area (Å²) in [5.74, 6) is 2.07. The molecule has 1 aliphatic heterocycles. The third-order valence-corrected chi connectivity index (χ3v) is 4.36. The molecule has 0 aliphatic carbocycles. The largest absolute Gasteiger partial charge is 0.485 e. The first-order valence-electron chi connectivity index (χ1n) is 8.49. The molecule has 1 aliphatic rings. The predicted molar refractivity (Wildman–Crippen MR) is 97.5 cm³/mol. The molecule has 0 amide bonds. The van der Waals surface area contributed by atoms with E-state index in [0.717, 1.165) is 25.1 Å². The number of benzene rings is 2. The highest BCUT2D eigenvalue weighted by Gasteiger charge is 2.25. The summed E-state index contributed by atoms with van der Waals surface area (Å²) in [6.07, 6.45) is 3.43. The lowest BCUT2D eigenvalue weighted by Crippen LogP contribution is -2.38. The Morgan fingerprint density at radius 3 is 2.58 bits per heavy atom. The van der Waals surface area contributed by atoms with E-state index in [1.807, 2.05) is 24.3 Å². The topological polar surface area (TPSA) is 82.5 Å². The van der Waals surface area contributed by atoms with Gasteiger partial charge >= 0.3 is 0 Å². The Bertz CT molecular complexity index is 684. The molecule has 1 fully saturated rings. The SMILES string of the molecule is CCC(Oc1ccccc1Oc1ccc(N)c(N)c1)C1CCCN1. The summed E-state index contributed by atoms with van der Waals surface area (Å²) in [5.41, 5.74) is 12.7. The third kappa shape index (κ3) is 3.74. The Kier molecular flexibility index (Phi) is 5.11. The summed E-state index contributed by atoms with van der Waals surface area (Å²) in [6, 6.07) is 13.4. The molecule has 0 spiro atoms. The van der Waals surface area contributed by atoms with Crippen LogP contribution >= 0.6 is 0 Å². The van der Waals surface area contributed by atoms with E-state index in [1.165, 1.54) is 6.42 Å². The Morgan fingerprint density at radius 1 is 1.12 bits per heavy atom. The van der Waals surface area contributed by atoms with Crippen molar-refractivity contribution in [2.45, 2.75) is 38.3 Å². The molecule has 24 heavy (non-hydrogen) atoms. The van der Waals surface area contributed by atoms with Crippen molar-refractivity contribution in [2.75, 3.05) is 18.0 Å². The Balaban J connectivity index is 1.77. The van der Waals surface area contributed by atoms with E-state index >= 15 is 0 Å². The first kappa shape index (κ1) is 16.5. The zero-order chi connectivity index (χ0) is 16.9. The van der Waals surface area contributed by atoms with Gasteiger partial charge in [-0.25, -0.2) is 0 Å². The summed E-state index contributed by atoms with van der Waals surface area (Å²) in [5, 5.41) is 3.51. The standard InChI is InChI=1S/C19H25N3O2/c1-2-17(16-6-5-11-22-16)24-19-8-4-3-7-18(19)23-13-9-10-14(20)15(21)12-13/h3-4,7-10,12,16-17,22H,2,5-6,11,20-21H2,1H3. The summed E-state index contributed by atoms with van der Waals surface area (Å²) in [6.45, 7) is 3.21. The van der Waals surface area contributed by atoms with Gasteiger partial charge in [0, 0.05) is 12.1 Å². The van der Waals surface area contributed by atoms with Crippen LogP contribution in [0.15, 0.2) is 42.5 Å². The zero-order valence-corrected chi connectivity index (χ0v) is 14.0. The molecule has 5 N–H and O–H groups in total. The van der Waals surface area contributed by atoms with Gasteiger partial charge in [0.15, 0.2) is 11.5 Å². The molecule has 0 radical (unpaired) electrons. The van der Waals surface area contributed by atoms with Gasteiger partial charge in [-0.3, -0.25) is 0 Å². The van der Waals surface area contributed by atoms with E-state index in [2.05, 4.69) is 12.2 Å². The smallest absolute Gasteiger partial charge is 0.169 e. The maximum absolute atomic E-state index is 6.26. The molecule has 2 aromatic carbocycles. The molecule has 1 heterocycles. The van der Waals surface area contributed by atoms with Gasteiger partial charge in [-0.1, -0.05) is 19.1 Å². The van der Waals surface area contributed by atoms with Crippen LogP contribution in [0.3, 0.4) is 0 Å². The van der Waals surface area contributed by atoms with Crippen LogP contribution in [0.5, 0.6) is 17.2 Å². The van der Waals surface area contributed by atoms with Gasteiger partial charge in [-0.15, -0.1) is 0 Å². The van der Waals surface area contributed by atoms with E-state index in [0.29, 0.717) is 28.9 Å². The van der Waals surface area contributed by atoms with Gasteiger partial charge in [0.1, 0.15) is 11.9 Å². The number of para-hydroxylation sites is 2. The average Bonchev–Trinajstić information content (AvgIpc) is 3.12. The quantitative estimate of drug-likeness (QED) is 0.707. The lowest BCUT2D eigenvalue weighted by Gasteiger charge is -2.25. The first-order chi connectivity index (χ1) is 11.7. The van der Waals surface area contributed by atoms with Crippen LogP contribution in [0, 0.1) is 0 Å². The van der Waals surface area contributed by atoms with Gasteiger partial charge < -0.3 is 26.3 Å². The van der Waals surface area contributed by atoms with E-state index < -0.39 is 0 Å². The summed E-state index contributed by atoms with van der Waals surface area (Å²) >= 11 is 0. The number of anilines is 2. The van der Waals surface area contributed by atoms with Gasteiger partial charge in [-0.2, -0.15) is 0 Å². The second-order valence-corrected chi connectivity index (χ2v) is 6.11. The predicted octanol–water partition coefficient (Wildman–Crippen LogP) is 3.55. The van der Waals surface area contributed by atoms with E-state index in [9.17, 15) is 0 Å². The molecule has 1 saturated heterocycles. The van der Waals surface area contributed by atoms with E-state index in [4.69, 9.17) is 20.9 Å². The highest BCUT2D eigenvalue weighted by atomic mass is 16.5. The number of rotatable bonds is 6. The molecular weight excluding hydrogens is 302 g/mol. The van der Waals surface area contributed by atoms with Crippen LogP contribution in [-0.2, 0) is 0 Å². The lowest BCUT2D eigenvalue weighted by atomic mass is 10.1. The van der Waals surface area contributed by atoms with Crippen LogP contribution in [-0.4, -0.2) is 18.7 Å². The van der Waals surface area contributed by atoms with Crippen LogP contribution in [0.1, 0.15) is 26.2 Å². The number of ether oxygens (including phenoxy) is 2. The number of nitrogen functional groups attached to an aromatic ring is 2. The maximum atomic E-state index is 6.26. The van der Waals surface area contributed by atoms with Crippen molar-refractivity contribution in [3.05, 3.63) is 42.5 Å². The Hall–Kier alpha value is -2.40. The van der Waals surface area contributed by atoms with Crippen molar-refractivity contribution in [2.24, 2.45) is 0 Å². The molecule has 0 saturated carbocycles.